The Kier molecular flexibility index (Phi) is 4.83. The van der Waals surface area contributed by atoms with Crippen molar-refractivity contribution in [2.24, 2.45) is 0 Å². The van der Waals surface area contributed by atoms with Crippen LogP contribution in [0.5, 0.6) is 0 Å². The normalized spacial score (nSPS) is 27.1. The molecule has 2 aliphatic rings. The maximum absolute atomic E-state index is 6.28. The third-order valence-electron chi connectivity index (χ3n) is 4.93. The maximum atomic E-state index is 6.28. The molecule has 0 spiro atoms. The zero-order chi connectivity index (χ0) is 16.2. The predicted molar refractivity (Wildman–Crippen MR) is 90.2 cm³/mol. The van der Waals surface area contributed by atoms with Gasteiger partial charge < -0.3 is 9.47 Å². The topological polar surface area (TPSA) is 47.5 Å². The van der Waals surface area contributed by atoms with Crippen molar-refractivity contribution in [2.75, 3.05) is 13.2 Å². The van der Waals surface area contributed by atoms with Crippen LogP contribution in [0.3, 0.4) is 0 Å². The Morgan fingerprint density at radius 3 is 3.00 bits per heavy atom. The summed E-state index contributed by atoms with van der Waals surface area (Å²) < 4.78 is 12.3. The fourth-order valence-corrected chi connectivity index (χ4v) is 3.76. The van der Waals surface area contributed by atoms with Crippen LogP contribution >= 0.6 is 0 Å². The van der Waals surface area contributed by atoms with E-state index >= 15 is 0 Å². The van der Waals surface area contributed by atoms with E-state index in [2.05, 4.69) is 27.0 Å². The predicted octanol–water partition coefficient (Wildman–Crippen LogP) is 2.43. The smallest absolute Gasteiger partial charge is 0.0995 e. The van der Waals surface area contributed by atoms with Crippen molar-refractivity contribution in [3.8, 4) is 0 Å². The number of nitrogens with zero attached hydrogens (tertiary/aromatic N) is 3. The lowest BCUT2D eigenvalue weighted by molar-refractivity contribution is -0.0615. The van der Waals surface area contributed by atoms with Gasteiger partial charge in [-0.05, 0) is 36.6 Å². The summed E-state index contributed by atoms with van der Waals surface area (Å²) in [7, 11) is 0. The van der Waals surface area contributed by atoms with E-state index in [9.17, 15) is 0 Å². The van der Waals surface area contributed by atoms with E-state index in [0.717, 1.165) is 43.8 Å². The molecule has 1 aliphatic carbocycles. The molecule has 0 unspecified atom stereocenters. The third-order valence-corrected chi connectivity index (χ3v) is 4.93. The molecule has 1 saturated carbocycles. The Balaban J connectivity index is 1.45. The van der Waals surface area contributed by atoms with Crippen LogP contribution in [0.4, 0.5) is 0 Å². The van der Waals surface area contributed by atoms with E-state index in [-0.39, 0.29) is 12.2 Å². The van der Waals surface area contributed by atoms with Crippen LogP contribution in [0.15, 0.2) is 48.9 Å². The minimum Gasteiger partial charge on any atom is -0.374 e. The molecule has 0 aromatic carbocycles. The summed E-state index contributed by atoms with van der Waals surface area (Å²) in [5, 5.41) is 0. The van der Waals surface area contributed by atoms with Gasteiger partial charge in [-0.1, -0.05) is 12.1 Å². The molecule has 5 heteroatoms. The number of rotatable bonds is 5. The van der Waals surface area contributed by atoms with E-state index in [0.29, 0.717) is 12.6 Å². The first-order valence-corrected chi connectivity index (χ1v) is 8.66. The molecule has 3 atom stereocenters. The lowest BCUT2D eigenvalue weighted by atomic mass is 10.1. The van der Waals surface area contributed by atoms with Crippen molar-refractivity contribution in [2.45, 2.75) is 44.2 Å². The van der Waals surface area contributed by atoms with Gasteiger partial charge in [0.1, 0.15) is 0 Å². The van der Waals surface area contributed by atoms with Crippen LogP contribution in [0.25, 0.3) is 0 Å². The SMILES string of the molecule is c1ccc(CN2CCO[C@H]3CC[C@H]2[C@@H]3OCc2cccnc2)nc1. The fraction of sp³-hybridized carbons (Fsp3) is 0.474. The number of pyridine rings is 2. The summed E-state index contributed by atoms with van der Waals surface area (Å²) in [5.74, 6) is 0. The van der Waals surface area contributed by atoms with E-state index in [1.807, 2.05) is 30.6 Å². The second kappa shape index (κ2) is 7.38. The highest BCUT2D eigenvalue weighted by Crippen LogP contribution is 2.33. The summed E-state index contributed by atoms with van der Waals surface area (Å²) in [4.78, 5) is 11.1. The molecular formula is C19H23N3O2. The Morgan fingerprint density at radius 2 is 2.17 bits per heavy atom. The molecule has 2 bridgehead atoms. The average Bonchev–Trinajstić information content (AvgIpc) is 2.94. The summed E-state index contributed by atoms with van der Waals surface area (Å²) in [6, 6.07) is 10.5. The number of fused-ring (bicyclic) bond motifs is 2. The van der Waals surface area contributed by atoms with Crippen LogP contribution < -0.4 is 0 Å². The molecule has 5 nitrogen and oxygen atoms in total. The number of hydrogen-bond donors (Lipinski definition) is 0. The van der Waals surface area contributed by atoms with Gasteiger partial charge in [-0.25, -0.2) is 0 Å². The molecule has 2 aromatic heterocycles. The zero-order valence-corrected chi connectivity index (χ0v) is 13.8. The van der Waals surface area contributed by atoms with Gasteiger partial charge in [0.25, 0.3) is 0 Å². The van der Waals surface area contributed by atoms with Crippen molar-refractivity contribution < 1.29 is 9.47 Å². The first-order valence-electron chi connectivity index (χ1n) is 8.66. The van der Waals surface area contributed by atoms with E-state index < -0.39 is 0 Å². The highest BCUT2D eigenvalue weighted by atomic mass is 16.5. The quantitative estimate of drug-likeness (QED) is 0.845. The van der Waals surface area contributed by atoms with Gasteiger partial charge >= 0.3 is 0 Å². The van der Waals surface area contributed by atoms with Crippen molar-refractivity contribution in [3.63, 3.8) is 0 Å². The molecule has 0 amide bonds. The molecule has 4 rings (SSSR count). The number of hydrogen-bond acceptors (Lipinski definition) is 5. The minimum absolute atomic E-state index is 0.122. The van der Waals surface area contributed by atoms with Gasteiger partial charge in [-0.3, -0.25) is 14.9 Å². The fourth-order valence-electron chi connectivity index (χ4n) is 3.76. The highest BCUT2D eigenvalue weighted by Gasteiger charge is 2.43. The lowest BCUT2D eigenvalue weighted by Crippen LogP contribution is -2.42. The largest absolute Gasteiger partial charge is 0.374 e. The van der Waals surface area contributed by atoms with Gasteiger partial charge in [-0.15, -0.1) is 0 Å². The molecule has 126 valence electrons. The molecule has 2 fully saturated rings. The lowest BCUT2D eigenvalue weighted by Gasteiger charge is -2.30. The monoisotopic (exact) mass is 325 g/mol. The Morgan fingerprint density at radius 1 is 1.17 bits per heavy atom. The minimum atomic E-state index is 0.122. The van der Waals surface area contributed by atoms with Crippen LogP contribution in [-0.4, -0.2) is 46.3 Å². The molecule has 0 N–H and O–H groups in total. The van der Waals surface area contributed by atoms with Crippen LogP contribution in [-0.2, 0) is 22.6 Å². The van der Waals surface area contributed by atoms with Crippen LogP contribution in [0.2, 0.25) is 0 Å². The number of aromatic nitrogens is 2. The van der Waals surface area contributed by atoms with Crippen molar-refractivity contribution in [1.29, 1.82) is 0 Å². The summed E-state index contributed by atoms with van der Waals surface area (Å²) in [6.07, 6.45) is 8.03. The highest BCUT2D eigenvalue weighted by molar-refractivity contribution is 5.08. The Bertz CT molecular complexity index is 638. The first kappa shape index (κ1) is 15.7. The molecular weight excluding hydrogens is 302 g/mol. The van der Waals surface area contributed by atoms with Gasteiger partial charge in [0.05, 0.1) is 31.1 Å². The summed E-state index contributed by atoms with van der Waals surface area (Å²) in [6.45, 7) is 3.14. The third kappa shape index (κ3) is 3.48. The number of ether oxygens (including phenoxy) is 2. The van der Waals surface area contributed by atoms with Gasteiger partial charge in [0.15, 0.2) is 0 Å². The zero-order valence-electron chi connectivity index (χ0n) is 13.8. The van der Waals surface area contributed by atoms with Crippen LogP contribution in [0.1, 0.15) is 24.1 Å². The Hall–Kier alpha value is -1.82. The van der Waals surface area contributed by atoms with Crippen LogP contribution in [0, 0.1) is 0 Å². The molecule has 1 aliphatic heterocycles. The molecule has 24 heavy (non-hydrogen) atoms. The standard InChI is InChI=1S/C19H23N3O2/c1-2-9-21-16(5-1)13-22-10-11-23-18-7-6-17(22)19(18)24-14-15-4-3-8-20-12-15/h1-5,8-9,12,17-19H,6-7,10-11,13-14H2/t17-,18-,19-/m0/s1. The van der Waals surface area contributed by atoms with E-state index in [4.69, 9.17) is 9.47 Å². The second-order valence-corrected chi connectivity index (χ2v) is 6.48. The first-order chi connectivity index (χ1) is 11.9. The van der Waals surface area contributed by atoms with Crippen molar-refractivity contribution in [1.82, 2.24) is 14.9 Å². The average molecular weight is 325 g/mol. The molecule has 0 radical (unpaired) electrons. The summed E-state index contributed by atoms with van der Waals surface area (Å²) in [5.41, 5.74) is 2.21. The van der Waals surface area contributed by atoms with Gasteiger partial charge in [-0.2, -0.15) is 0 Å². The second-order valence-electron chi connectivity index (χ2n) is 6.48. The van der Waals surface area contributed by atoms with E-state index in [1.54, 1.807) is 6.20 Å². The van der Waals surface area contributed by atoms with Gasteiger partial charge in [0.2, 0.25) is 0 Å². The summed E-state index contributed by atoms with van der Waals surface area (Å²) >= 11 is 0. The van der Waals surface area contributed by atoms with Crippen molar-refractivity contribution >= 4 is 0 Å². The molecule has 1 saturated heterocycles. The van der Waals surface area contributed by atoms with Gasteiger partial charge in [0, 0.05) is 37.7 Å². The van der Waals surface area contributed by atoms with E-state index in [1.165, 1.54) is 0 Å². The molecule has 2 aromatic rings. The maximum Gasteiger partial charge on any atom is 0.0995 e. The van der Waals surface area contributed by atoms with Crippen molar-refractivity contribution in [3.05, 3.63) is 60.2 Å². The Labute approximate surface area is 142 Å². The molecule has 3 heterocycles.